The Hall–Kier alpha value is -5.30. The predicted molar refractivity (Wildman–Crippen MR) is 138 cm³/mol. The molecule has 1 amide bonds. The minimum atomic E-state index is -0.646. The van der Waals surface area contributed by atoms with Gasteiger partial charge in [0, 0.05) is 25.6 Å². The van der Waals surface area contributed by atoms with Crippen LogP contribution >= 0.6 is 0 Å². The van der Waals surface area contributed by atoms with E-state index >= 15 is 0 Å². The first-order valence-electron chi connectivity index (χ1n) is 11.4. The summed E-state index contributed by atoms with van der Waals surface area (Å²) in [6.07, 6.45) is 6.24. The van der Waals surface area contributed by atoms with Gasteiger partial charge in [-0.3, -0.25) is 18.7 Å². The minimum Gasteiger partial charge on any atom is -0.382 e. The second-order valence-corrected chi connectivity index (χ2v) is 8.29. The largest absolute Gasteiger partial charge is 0.382 e. The lowest BCUT2D eigenvalue weighted by molar-refractivity contribution is 0.0935. The Bertz CT molecular complexity index is 1750. The van der Waals surface area contributed by atoms with Crippen LogP contribution in [-0.2, 0) is 7.05 Å². The lowest BCUT2D eigenvalue weighted by Gasteiger charge is -2.18. The Kier molecular flexibility index (Phi) is 6.18. The minimum absolute atomic E-state index is 0.00100. The van der Waals surface area contributed by atoms with Crippen molar-refractivity contribution in [3.05, 3.63) is 106 Å². The topological polar surface area (TPSA) is 133 Å². The maximum atomic E-state index is 14.0. The van der Waals surface area contributed by atoms with Crippen molar-refractivity contribution < 1.29 is 4.79 Å². The van der Waals surface area contributed by atoms with Crippen molar-refractivity contribution in [2.45, 2.75) is 13.0 Å². The van der Waals surface area contributed by atoms with Crippen LogP contribution in [0.4, 0.5) is 5.82 Å². The fraction of sp³-hybridized carbons (Fsp3) is 0.111. The van der Waals surface area contributed by atoms with Crippen LogP contribution in [0.15, 0.2) is 78.1 Å². The van der Waals surface area contributed by atoms with E-state index < -0.39 is 11.9 Å². The first-order chi connectivity index (χ1) is 17.9. The first-order valence-corrected chi connectivity index (χ1v) is 11.4. The third-order valence-electron chi connectivity index (χ3n) is 5.68. The number of nitrogens with zero attached hydrogens (tertiary/aromatic N) is 6. The lowest BCUT2D eigenvalue weighted by Crippen LogP contribution is -2.31. The highest BCUT2D eigenvalue weighted by atomic mass is 16.2. The number of carbonyl (C=O) groups excluding carboxylic acids is 1. The van der Waals surface area contributed by atoms with Gasteiger partial charge >= 0.3 is 0 Å². The first kappa shape index (κ1) is 23.4. The summed E-state index contributed by atoms with van der Waals surface area (Å²) in [7, 11) is 1.81. The smallest absolute Gasteiger partial charge is 0.274 e. The van der Waals surface area contributed by atoms with Crippen LogP contribution in [-0.4, -0.2) is 35.0 Å². The molecule has 182 valence electrons. The Morgan fingerprint density at radius 3 is 2.57 bits per heavy atom. The predicted octanol–water partition coefficient (Wildman–Crippen LogP) is 2.36. The molecular weight excluding hydrogens is 468 g/mol. The Labute approximate surface area is 211 Å². The van der Waals surface area contributed by atoms with Gasteiger partial charge in [-0.15, -0.1) is 0 Å². The molecule has 10 heteroatoms. The van der Waals surface area contributed by atoms with Crippen molar-refractivity contribution in [3.8, 4) is 23.0 Å². The highest BCUT2D eigenvalue weighted by Crippen LogP contribution is 2.25. The molecule has 3 N–H and O–H groups in total. The molecule has 0 bridgehead atoms. The van der Waals surface area contributed by atoms with Gasteiger partial charge in [0.15, 0.2) is 11.5 Å². The van der Waals surface area contributed by atoms with Crippen LogP contribution in [0.1, 0.15) is 40.4 Å². The van der Waals surface area contributed by atoms with E-state index in [1.54, 1.807) is 42.2 Å². The number of nitrogens with two attached hydrogens (primary N) is 1. The molecule has 5 rings (SSSR count). The number of nitrogens with one attached hydrogen (secondary N) is 1. The fourth-order valence-electron chi connectivity index (χ4n) is 3.97. The van der Waals surface area contributed by atoms with Gasteiger partial charge in [-0.1, -0.05) is 42.3 Å². The van der Waals surface area contributed by atoms with E-state index in [9.17, 15) is 9.59 Å². The lowest BCUT2D eigenvalue weighted by atomic mass is 10.0. The number of fused-ring (bicyclic) bond motifs is 1. The van der Waals surface area contributed by atoms with E-state index in [4.69, 9.17) is 10.7 Å². The number of hydrogen-bond acceptors (Lipinski definition) is 7. The van der Waals surface area contributed by atoms with Crippen molar-refractivity contribution in [3.63, 3.8) is 0 Å². The van der Waals surface area contributed by atoms with Crippen LogP contribution in [0.25, 0.3) is 16.8 Å². The van der Waals surface area contributed by atoms with Crippen LogP contribution < -0.4 is 16.6 Å². The molecule has 0 unspecified atom stereocenters. The molecule has 0 radical (unpaired) electrons. The summed E-state index contributed by atoms with van der Waals surface area (Å²) in [5.41, 5.74) is 8.55. The summed E-state index contributed by atoms with van der Waals surface area (Å²) < 4.78 is 3.13. The summed E-state index contributed by atoms with van der Waals surface area (Å²) in [5, 5.41) is 6.98. The Morgan fingerprint density at radius 2 is 1.84 bits per heavy atom. The number of aryl methyl sites for hydroxylation is 1. The average molecular weight is 491 g/mol. The van der Waals surface area contributed by atoms with Gasteiger partial charge < -0.3 is 11.1 Å². The molecule has 10 nitrogen and oxygen atoms in total. The number of aromatic nitrogens is 6. The molecule has 37 heavy (non-hydrogen) atoms. The van der Waals surface area contributed by atoms with Gasteiger partial charge in [-0.05, 0) is 30.5 Å². The molecule has 1 aromatic carbocycles. The zero-order valence-corrected chi connectivity index (χ0v) is 20.1. The fourth-order valence-corrected chi connectivity index (χ4v) is 3.97. The summed E-state index contributed by atoms with van der Waals surface area (Å²) in [4.78, 5) is 39.6. The molecule has 0 saturated heterocycles. The standard InChI is InChI=1S/C27H22N8O2/c1-17(32-26(36)24-25(28)30-14-13-29-24)23-22(19-7-4-3-5-8-19)27(37)35-20(9-6-10-21(35)33-23)12-11-18-15-31-34(2)16-18/h3-10,13-17H,1-2H3,(H2,28,30)(H,32,36)/t17-/m1/s1. The molecule has 0 saturated carbocycles. The monoisotopic (exact) mass is 490 g/mol. The van der Waals surface area contributed by atoms with Gasteiger partial charge in [-0.2, -0.15) is 5.10 Å². The Morgan fingerprint density at radius 1 is 1.05 bits per heavy atom. The summed E-state index contributed by atoms with van der Waals surface area (Å²) in [6.45, 7) is 1.75. The van der Waals surface area contributed by atoms with Crippen LogP contribution in [0.5, 0.6) is 0 Å². The SMILES string of the molecule is C[C@@H](NC(=O)c1nccnc1N)c1nc2cccc(C#Cc3cnn(C)c3)n2c(=O)c1-c1ccccc1. The van der Waals surface area contributed by atoms with E-state index in [-0.39, 0.29) is 17.1 Å². The van der Waals surface area contributed by atoms with E-state index in [0.717, 1.165) is 5.56 Å². The zero-order chi connectivity index (χ0) is 25.9. The number of rotatable bonds is 4. The molecule has 0 aliphatic heterocycles. The van der Waals surface area contributed by atoms with Crippen LogP contribution in [0.3, 0.4) is 0 Å². The molecule has 4 heterocycles. The number of anilines is 1. The quantitative estimate of drug-likeness (QED) is 0.370. The van der Waals surface area contributed by atoms with Crippen molar-refractivity contribution in [1.82, 2.24) is 34.4 Å². The van der Waals surface area contributed by atoms with E-state index in [1.165, 1.54) is 16.8 Å². The third-order valence-corrected chi connectivity index (χ3v) is 5.68. The molecule has 5 aromatic rings. The maximum Gasteiger partial charge on any atom is 0.274 e. The van der Waals surface area contributed by atoms with Crippen molar-refractivity contribution >= 4 is 17.4 Å². The normalized spacial score (nSPS) is 11.5. The zero-order valence-electron chi connectivity index (χ0n) is 20.1. The molecule has 1 atom stereocenters. The number of carbonyl (C=O) groups is 1. The number of amides is 1. The molecule has 0 aliphatic rings. The van der Waals surface area contributed by atoms with E-state index in [0.29, 0.717) is 28.2 Å². The number of nitrogen functional groups attached to an aromatic ring is 1. The van der Waals surface area contributed by atoms with Gasteiger partial charge in [0.1, 0.15) is 11.3 Å². The molecule has 0 fully saturated rings. The molecule has 0 spiro atoms. The van der Waals surface area contributed by atoms with E-state index in [2.05, 4.69) is 32.2 Å². The second kappa shape index (κ2) is 9.75. The maximum absolute atomic E-state index is 14.0. The van der Waals surface area contributed by atoms with Crippen LogP contribution in [0.2, 0.25) is 0 Å². The number of hydrogen-bond donors (Lipinski definition) is 2. The number of pyridine rings is 1. The highest BCUT2D eigenvalue weighted by Gasteiger charge is 2.23. The second-order valence-electron chi connectivity index (χ2n) is 8.29. The van der Waals surface area contributed by atoms with Gasteiger partial charge in [0.25, 0.3) is 11.5 Å². The van der Waals surface area contributed by atoms with Crippen molar-refractivity contribution in [1.29, 1.82) is 0 Å². The summed E-state index contributed by atoms with van der Waals surface area (Å²) in [6, 6.07) is 13.8. The van der Waals surface area contributed by atoms with Crippen molar-refractivity contribution in [2.75, 3.05) is 5.73 Å². The van der Waals surface area contributed by atoms with Gasteiger partial charge in [-0.25, -0.2) is 15.0 Å². The average Bonchev–Trinajstić information content (AvgIpc) is 3.32. The third kappa shape index (κ3) is 4.66. The van der Waals surface area contributed by atoms with Gasteiger partial charge in [0.2, 0.25) is 0 Å². The molecular formula is C27H22N8O2. The Balaban J connectivity index is 1.65. The van der Waals surface area contributed by atoms with Crippen LogP contribution in [0, 0.1) is 11.8 Å². The summed E-state index contributed by atoms with van der Waals surface area (Å²) in [5.74, 6) is 5.61. The molecule has 4 aromatic heterocycles. The van der Waals surface area contributed by atoms with Crippen molar-refractivity contribution in [2.24, 2.45) is 7.05 Å². The summed E-state index contributed by atoms with van der Waals surface area (Å²) >= 11 is 0. The van der Waals surface area contributed by atoms with Gasteiger partial charge in [0.05, 0.1) is 29.1 Å². The van der Waals surface area contributed by atoms with E-state index in [1.807, 2.05) is 37.4 Å². The highest BCUT2D eigenvalue weighted by molar-refractivity contribution is 5.96. The molecule has 0 aliphatic carbocycles. The number of benzene rings is 1.